The second-order valence-electron chi connectivity index (χ2n) is 5.09. The topological polar surface area (TPSA) is 29.9 Å². The molecule has 0 saturated carbocycles. The number of rotatable bonds is 7. The van der Waals surface area contributed by atoms with Crippen molar-refractivity contribution in [2.45, 2.75) is 39.3 Å². The zero-order chi connectivity index (χ0) is 15.2. The molecule has 0 saturated heterocycles. The molecule has 0 amide bonds. The summed E-state index contributed by atoms with van der Waals surface area (Å²) in [6.45, 7) is 6.18. The van der Waals surface area contributed by atoms with Gasteiger partial charge in [0.05, 0.1) is 11.2 Å². The van der Waals surface area contributed by atoms with E-state index in [-0.39, 0.29) is 6.04 Å². The quantitative estimate of drug-likeness (QED) is 0.675. The van der Waals surface area contributed by atoms with Crippen molar-refractivity contribution in [3.8, 4) is 0 Å². The van der Waals surface area contributed by atoms with Crippen molar-refractivity contribution in [2.24, 2.45) is 0 Å². The zero-order valence-electron chi connectivity index (χ0n) is 12.4. The smallest absolute Gasteiger partial charge is 0.0542 e. The Balaban J connectivity index is 2.18. The van der Waals surface area contributed by atoms with Gasteiger partial charge < -0.3 is 5.32 Å². The number of halogens is 2. The molecule has 5 heteroatoms. The fourth-order valence-electron chi connectivity index (χ4n) is 2.28. The van der Waals surface area contributed by atoms with Gasteiger partial charge >= 0.3 is 0 Å². The van der Waals surface area contributed by atoms with Crippen LogP contribution in [-0.2, 0) is 13.0 Å². The maximum absolute atomic E-state index is 6.27. The molecule has 3 nitrogen and oxygen atoms in total. The molecule has 0 aliphatic carbocycles. The normalized spacial score (nSPS) is 12.6. The van der Waals surface area contributed by atoms with Gasteiger partial charge in [-0.25, -0.2) is 0 Å². The Morgan fingerprint density at radius 1 is 1.38 bits per heavy atom. The van der Waals surface area contributed by atoms with Crippen molar-refractivity contribution in [1.82, 2.24) is 15.1 Å². The first kappa shape index (κ1) is 16.8. The minimum Gasteiger partial charge on any atom is -0.310 e. The van der Waals surface area contributed by atoms with Crippen LogP contribution in [0.5, 0.6) is 0 Å². The van der Waals surface area contributed by atoms with Gasteiger partial charge in [0.25, 0.3) is 0 Å². The van der Waals surface area contributed by atoms with Crippen LogP contribution in [0, 0.1) is 3.57 Å². The Bertz CT molecular complexity index is 583. The predicted molar refractivity (Wildman–Crippen MR) is 96.8 cm³/mol. The maximum atomic E-state index is 6.27. The number of aromatic nitrogens is 2. The highest BCUT2D eigenvalue weighted by molar-refractivity contribution is 14.1. The third kappa shape index (κ3) is 4.69. The van der Waals surface area contributed by atoms with Gasteiger partial charge in [-0.3, -0.25) is 4.68 Å². The van der Waals surface area contributed by atoms with Gasteiger partial charge in [-0.05, 0) is 72.2 Å². The van der Waals surface area contributed by atoms with Crippen LogP contribution in [-0.4, -0.2) is 16.3 Å². The molecule has 1 unspecified atom stereocenters. The summed E-state index contributed by atoms with van der Waals surface area (Å²) < 4.78 is 3.05. The monoisotopic (exact) mass is 417 g/mol. The molecular weight excluding hydrogens is 397 g/mol. The molecule has 1 aromatic carbocycles. The highest BCUT2D eigenvalue weighted by atomic mass is 127. The van der Waals surface area contributed by atoms with E-state index in [9.17, 15) is 0 Å². The molecule has 0 aliphatic rings. The van der Waals surface area contributed by atoms with E-state index in [2.05, 4.69) is 71.2 Å². The van der Waals surface area contributed by atoms with E-state index in [0.29, 0.717) is 0 Å². The molecule has 1 atom stereocenters. The lowest BCUT2D eigenvalue weighted by Gasteiger charge is -2.19. The predicted octanol–water partition coefficient (Wildman–Crippen LogP) is 4.44. The highest BCUT2D eigenvalue weighted by Gasteiger charge is 2.14. The van der Waals surface area contributed by atoms with Crippen LogP contribution in [0.25, 0.3) is 0 Å². The van der Waals surface area contributed by atoms with Gasteiger partial charge in [-0.15, -0.1) is 0 Å². The van der Waals surface area contributed by atoms with Crippen LogP contribution in [0.15, 0.2) is 30.6 Å². The lowest BCUT2D eigenvalue weighted by atomic mass is 10.0. The van der Waals surface area contributed by atoms with Crippen molar-refractivity contribution >= 4 is 34.2 Å². The molecular formula is C16H21ClIN3. The van der Waals surface area contributed by atoms with E-state index in [1.54, 1.807) is 0 Å². The second-order valence-corrected chi connectivity index (χ2v) is 6.66. The largest absolute Gasteiger partial charge is 0.310 e. The Hall–Kier alpha value is -0.590. The Morgan fingerprint density at radius 2 is 2.19 bits per heavy atom. The molecule has 0 spiro atoms. The van der Waals surface area contributed by atoms with Gasteiger partial charge in [-0.2, -0.15) is 5.10 Å². The lowest BCUT2D eigenvalue weighted by Crippen LogP contribution is -2.24. The maximum Gasteiger partial charge on any atom is 0.0542 e. The van der Waals surface area contributed by atoms with E-state index in [0.717, 1.165) is 34.5 Å². The minimum absolute atomic E-state index is 0.272. The summed E-state index contributed by atoms with van der Waals surface area (Å²) >= 11 is 8.53. The molecule has 0 radical (unpaired) electrons. The van der Waals surface area contributed by atoms with E-state index in [1.807, 2.05) is 10.9 Å². The number of nitrogens with zero attached hydrogens (tertiary/aromatic N) is 2. The summed E-state index contributed by atoms with van der Waals surface area (Å²) in [5.41, 5.74) is 2.48. The molecule has 2 aromatic rings. The second kappa shape index (κ2) is 8.15. The summed E-state index contributed by atoms with van der Waals surface area (Å²) in [5, 5.41) is 8.79. The first-order valence-electron chi connectivity index (χ1n) is 7.33. The Labute approximate surface area is 145 Å². The van der Waals surface area contributed by atoms with Gasteiger partial charge in [-0.1, -0.05) is 24.6 Å². The summed E-state index contributed by atoms with van der Waals surface area (Å²) in [5.74, 6) is 0. The Morgan fingerprint density at radius 3 is 2.81 bits per heavy atom. The number of benzene rings is 1. The van der Waals surface area contributed by atoms with E-state index < -0.39 is 0 Å². The van der Waals surface area contributed by atoms with Crippen LogP contribution < -0.4 is 5.32 Å². The van der Waals surface area contributed by atoms with Crippen molar-refractivity contribution in [2.75, 3.05) is 6.54 Å². The first-order chi connectivity index (χ1) is 10.1. The molecule has 114 valence electrons. The third-order valence-electron chi connectivity index (χ3n) is 3.44. The average Bonchev–Trinajstić information content (AvgIpc) is 2.94. The lowest BCUT2D eigenvalue weighted by molar-refractivity contribution is 0.529. The van der Waals surface area contributed by atoms with Crippen molar-refractivity contribution in [3.05, 3.63) is 50.3 Å². The van der Waals surface area contributed by atoms with Gasteiger partial charge in [0, 0.05) is 22.4 Å². The van der Waals surface area contributed by atoms with Crippen LogP contribution in [0.2, 0.25) is 5.02 Å². The molecule has 1 heterocycles. The number of aryl methyl sites for hydroxylation is 1. The van der Waals surface area contributed by atoms with Crippen molar-refractivity contribution in [1.29, 1.82) is 0 Å². The summed E-state index contributed by atoms with van der Waals surface area (Å²) in [6, 6.07) is 6.58. The van der Waals surface area contributed by atoms with E-state index in [1.165, 1.54) is 11.1 Å². The van der Waals surface area contributed by atoms with E-state index in [4.69, 9.17) is 11.6 Å². The summed E-state index contributed by atoms with van der Waals surface area (Å²) in [6.07, 6.45) is 6.12. The average molecular weight is 418 g/mol. The van der Waals surface area contributed by atoms with Crippen LogP contribution >= 0.6 is 34.2 Å². The third-order valence-corrected chi connectivity index (χ3v) is 5.01. The molecule has 0 bridgehead atoms. The minimum atomic E-state index is 0.272. The molecule has 2 rings (SSSR count). The fraction of sp³-hybridized carbons (Fsp3) is 0.438. The molecule has 0 fully saturated rings. The summed E-state index contributed by atoms with van der Waals surface area (Å²) in [4.78, 5) is 0. The van der Waals surface area contributed by atoms with Crippen molar-refractivity contribution < 1.29 is 0 Å². The fourth-order valence-corrected chi connectivity index (χ4v) is 2.80. The standard InChI is InChI=1S/C16H21ClIN3/c1-3-7-19-16(8-12-10-20-21(4-2)11-12)13-5-6-15(18)14(17)9-13/h5-6,9-11,16,19H,3-4,7-8H2,1-2H3. The van der Waals surface area contributed by atoms with Gasteiger partial charge in [0.1, 0.15) is 0 Å². The van der Waals surface area contributed by atoms with Gasteiger partial charge in [0.15, 0.2) is 0 Å². The molecule has 0 aliphatic heterocycles. The number of nitrogens with one attached hydrogen (secondary N) is 1. The number of hydrogen-bond donors (Lipinski definition) is 1. The molecule has 21 heavy (non-hydrogen) atoms. The Kier molecular flexibility index (Phi) is 6.51. The van der Waals surface area contributed by atoms with Gasteiger partial charge in [0.2, 0.25) is 0 Å². The number of hydrogen-bond acceptors (Lipinski definition) is 2. The van der Waals surface area contributed by atoms with Crippen molar-refractivity contribution in [3.63, 3.8) is 0 Å². The van der Waals surface area contributed by atoms with Crippen LogP contribution in [0.1, 0.15) is 37.4 Å². The molecule has 1 aromatic heterocycles. The zero-order valence-corrected chi connectivity index (χ0v) is 15.4. The van der Waals surface area contributed by atoms with Crippen LogP contribution in [0.4, 0.5) is 0 Å². The SMILES string of the molecule is CCCNC(Cc1cnn(CC)c1)c1ccc(I)c(Cl)c1. The first-order valence-corrected chi connectivity index (χ1v) is 8.79. The highest BCUT2D eigenvalue weighted by Crippen LogP contribution is 2.25. The van der Waals surface area contributed by atoms with E-state index >= 15 is 0 Å². The summed E-state index contributed by atoms with van der Waals surface area (Å²) in [7, 11) is 0. The molecule has 1 N–H and O–H groups in total. The van der Waals surface area contributed by atoms with Crippen LogP contribution in [0.3, 0.4) is 0 Å².